The van der Waals surface area contributed by atoms with Crippen molar-refractivity contribution in [2.45, 2.75) is 29.6 Å². The van der Waals surface area contributed by atoms with Gasteiger partial charge in [-0.3, -0.25) is 4.79 Å². The smallest absolute Gasteiger partial charge is 0.281 e. The molecule has 1 aliphatic carbocycles. The third-order valence-corrected chi connectivity index (χ3v) is 6.53. The van der Waals surface area contributed by atoms with Gasteiger partial charge in [0.1, 0.15) is 0 Å². The number of rotatable bonds is 4. The lowest BCUT2D eigenvalue weighted by Gasteiger charge is -2.19. The Labute approximate surface area is 153 Å². The average Bonchev–Trinajstić information content (AvgIpc) is 2.97. The number of thioether (sulfide) groups is 1. The second kappa shape index (κ2) is 7.70. The number of benzene rings is 1. The lowest BCUT2D eigenvalue weighted by Crippen LogP contribution is -2.19. The van der Waals surface area contributed by atoms with Gasteiger partial charge in [0.05, 0.1) is 21.4 Å². The van der Waals surface area contributed by atoms with E-state index in [-0.39, 0.29) is 5.91 Å². The van der Waals surface area contributed by atoms with Crippen LogP contribution in [0.25, 0.3) is 0 Å². The molecule has 1 heterocycles. The zero-order chi connectivity index (χ0) is 17.1. The van der Waals surface area contributed by atoms with Gasteiger partial charge in [0.2, 0.25) is 0 Å². The molecule has 1 aromatic heterocycles. The van der Waals surface area contributed by atoms with Crippen molar-refractivity contribution < 1.29 is 9.90 Å². The van der Waals surface area contributed by atoms with Crippen LogP contribution in [0.4, 0.5) is 0 Å². The summed E-state index contributed by atoms with van der Waals surface area (Å²) in [5, 5.41) is 14.9. The van der Waals surface area contributed by atoms with Crippen molar-refractivity contribution in [3.05, 3.63) is 50.9 Å². The fraction of sp³-hybridized carbons (Fsp3) is 0.294. The van der Waals surface area contributed by atoms with Crippen LogP contribution >= 0.6 is 34.7 Å². The van der Waals surface area contributed by atoms with Gasteiger partial charge in [0.25, 0.3) is 5.91 Å². The van der Waals surface area contributed by atoms with Crippen LogP contribution in [0.1, 0.15) is 45.3 Å². The highest BCUT2D eigenvalue weighted by Crippen LogP contribution is 2.43. The summed E-state index contributed by atoms with van der Waals surface area (Å²) in [5.41, 5.74) is 5.35. The Bertz CT molecular complexity index is 772. The number of nitrogens with zero attached hydrogens (tertiary/aromatic N) is 1. The molecule has 0 bridgehead atoms. The maximum absolute atomic E-state index is 12.5. The summed E-state index contributed by atoms with van der Waals surface area (Å²) in [5.74, 6) is -0.226. The Hall–Kier alpha value is -1.34. The zero-order valence-electron chi connectivity index (χ0n) is 13.1. The number of halogens is 1. The topological polar surface area (TPSA) is 61.7 Å². The number of hydrogen-bond donors (Lipinski definition) is 2. The molecule has 4 nitrogen and oxygen atoms in total. The van der Waals surface area contributed by atoms with E-state index in [2.05, 4.69) is 10.5 Å². The van der Waals surface area contributed by atoms with Crippen LogP contribution in [0.5, 0.6) is 0 Å². The van der Waals surface area contributed by atoms with Crippen molar-refractivity contribution in [3.8, 4) is 0 Å². The monoisotopic (exact) mass is 380 g/mol. The minimum absolute atomic E-state index is 0.226. The normalized spacial score (nSPS) is 17.0. The summed E-state index contributed by atoms with van der Waals surface area (Å²) >= 11 is 8.85. The van der Waals surface area contributed by atoms with Gasteiger partial charge in [0.15, 0.2) is 0 Å². The van der Waals surface area contributed by atoms with Crippen LogP contribution in [0.15, 0.2) is 33.6 Å². The molecule has 0 spiro atoms. The van der Waals surface area contributed by atoms with E-state index in [0.717, 1.165) is 40.2 Å². The Morgan fingerprint density at radius 3 is 2.92 bits per heavy atom. The molecule has 0 radical (unpaired) electrons. The van der Waals surface area contributed by atoms with Crippen LogP contribution in [-0.2, 0) is 6.42 Å². The zero-order valence-corrected chi connectivity index (χ0v) is 15.5. The van der Waals surface area contributed by atoms with Gasteiger partial charge in [-0.2, -0.15) is 5.10 Å². The predicted octanol–water partition coefficient (Wildman–Crippen LogP) is 4.26. The van der Waals surface area contributed by atoms with Gasteiger partial charge in [-0.05, 0) is 48.8 Å². The number of aliphatic hydroxyl groups excluding tert-OH is 1. The van der Waals surface area contributed by atoms with E-state index in [1.807, 2.05) is 18.4 Å². The fourth-order valence-corrected chi connectivity index (χ4v) is 4.97. The summed E-state index contributed by atoms with van der Waals surface area (Å²) in [7, 11) is 0. The molecule has 1 unspecified atom stereocenters. The number of aliphatic hydroxyl groups is 1. The van der Waals surface area contributed by atoms with Crippen molar-refractivity contribution in [3.63, 3.8) is 0 Å². The average molecular weight is 381 g/mol. The standard InChI is InChI=1S/C17H17ClN2O2S2/c1-23-17-14-12(3-2-4-13(14)21)15(24-17)16(22)20-19-9-10-5-7-11(18)8-6-10/h5-9,13,21H,2-4H2,1H3,(H,20,22)/b19-9+. The van der Waals surface area contributed by atoms with Crippen molar-refractivity contribution >= 4 is 46.8 Å². The van der Waals surface area contributed by atoms with Crippen LogP contribution in [0.3, 0.4) is 0 Å². The van der Waals surface area contributed by atoms with Gasteiger partial charge >= 0.3 is 0 Å². The predicted molar refractivity (Wildman–Crippen MR) is 101 cm³/mol. The summed E-state index contributed by atoms with van der Waals surface area (Å²) in [6, 6.07) is 7.19. The molecule has 1 amide bonds. The molecule has 0 saturated heterocycles. The maximum Gasteiger partial charge on any atom is 0.281 e. The van der Waals surface area contributed by atoms with Gasteiger partial charge in [-0.1, -0.05) is 23.7 Å². The first kappa shape index (κ1) is 17.5. The van der Waals surface area contributed by atoms with Gasteiger partial charge in [-0.15, -0.1) is 23.1 Å². The largest absolute Gasteiger partial charge is 0.388 e. The minimum Gasteiger partial charge on any atom is -0.388 e. The molecule has 1 aromatic carbocycles. The van der Waals surface area contributed by atoms with Crippen LogP contribution in [0, 0.1) is 0 Å². The second-order valence-electron chi connectivity index (χ2n) is 5.47. The van der Waals surface area contributed by atoms with E-state index in [1.165, 1.54) is 11.3 Å². The SMILES string of the molecule is CSc1sc(C(=O)N/N=C/c2ccc(Cl)cc2)c2c1C(O)CCC2. The molecule has 24 heavy (non-hydrogen) atoms. The van der Waals surface area contributed by atoms with E-state index in [9.17, 15) is 9.90 Å². The second-order valence-corrected chi connectivity index (χ2v) is 8.01. The third-order valence-electron chi connectivity index (χ3n) is 3.89. The molecule has 0 fully saturated rings. The number of nitrogens with one attached hydrogen (secondary N) is 1. The number of amides is 1. The van der Waals surface area contributed by atoms with E-state index in [1.54, 1.807) is 30.1 Å². The number of carbonyl (C=O) groups is 1. The summed E-state index contributed by atoms with van der Waals surface area (Å²) < 4.78 is 1.02. The third kappa shape index (κ3) is 3.67. The Balaban J connectivity index is 1.77. The van der Waals surface area contributed by atoms with E-state index < -0.39 is 6.10 Å². The summed E-state index contributed by atoms with van der Waals surface area (Å²) in [6.45, 7) is 0. The number of thiophene rings is 1. The maximum atomic E-state index is 12.5. The summed E-state index contributed by atoms with van der Waals surface area (Å²) in [4.78, 5) is 13.1. The van der Waals surface area contributed by atoms with E-state index in [4.69, 9.17) is 11.6 Å². The number of hydrazone groups is 1. The molecular formula is C17H17ClN2O2S2. The van der Waals surface area contributed by atoms with Crippen molar-refractivity contribution in [2.75, 3.05) is 6.26 Å². The molecule has 126 valence electrons. The molecule has 7 heteroatoms. The van der Waals surface area contributed by atoms with Crippen LogP contribution in [-0.4, -0.2) is 23.5 Å². The molecule has 3 rings (SSSR count). The number of carbonyl (C=O) groups excluding carboxylic acids is 1. The molecule has 2 aromatic rings. The highest BCUT2D eigenvalue weighted by Gasteiger charge is 2.29. The van der Waals surface area contributed by atoms with Crippen molar-refractivity contribution in [1.82, 2.24) is 5.43 Å². The van der Waals surface area contributed by atoms with E-state index in [0.29, 0.717) is 9.90 Å². The van der Waals surface area contributed by atoms with Gasteiger partial charge in [-0.25, -0.2) is 5.43 Å². The quantitative estimate of drug-likeness (QED) is 0.473. The first-order valence-corrected chi connectivity index (χ1v) is 9.98. The molecular weight excluding hydrogens is 364 g/mol. The Morgan fingerprint density at radius 2 is 2.21 bits per heavy atom. The van der Waals surface area contributed by atoms with Crippen molar-refractivity contribution in [1.29, 1.82) is 0 Å². The highest BCUT2D eigenvalue weighted by molar-refractivity contribution is 8.00. The Morgan fingerprint density at radius 1 is 1.46 bits per heavy atom. The van der Waals surface area contributed by atoms with Crippen molar-refractivity contribution in [2.24, 2.45) is 5.10 Å². The van der Waals surface area contributed by atoms with Gasteiger partial charge < -0.3 is 5.11 Å². The fourth-order valence-electron chi connectivity index (χ4n) is 2.76. The molecule has 0 aliphatic heterocycles. The lowest BCUT2D eigenvalue weighted by atomic mass is 9.91. The lowest BCUT2D eigenvalue weighted by molar-refractivity contribution is 0.0957. The molecule has 1 aliphatic rings. The first-order valence-electron chi connectivity index (χ1n) is 7.56. The van der Waals surface area contributed by atoms with Crippen LogP contribution < -0.4 is 5.43 Å². The summed E-state index contributed by atoms with van der Waals surface area (Å²) in [6.07, 6.45) is 5.56. The molecule has 0 saturated carbocycles. The Kier molecular flexibility index (Phi) is 5.61. The first-order chi connectivity index (χ1) is 11.6. The number of fused-ring (bicyclic) bond motifs is 1. The van der Waals surface area contributed by atoms with Crippen LogP contribution in [0.2, 0.25) is 5.02 Å². The molecule has 2 N–H and O–H groups in total. The highest BCUT2D eigenvalue weighted by atomic mass is 35.5. The van der Waals surface area contributed by atoms with E-state index >= 15 is 0 Å². The number of hydrogen-bond acceptors (Lipinski definition) is 5. The molecule has 1 atom stereocenters. The minimum atomic E-state index is -0.466. The van der Waals surface area contributed by atoms with Gasteiger partial charge in [0, 0.05) is 10.6 Å².